The van der Waals surface area contributed by atoms with Gasteiger partial charge in [0.05, 0.1) is 0 Å². The first-order valence-corrected chi connectivity index (χ1v) is 6.38. The molecule has 0 aromatic carbocycles. The Kier molecular flexibility index (Phi) is 5.13. The molecule has 0 aromatic heterocycles. The van der Waals surface area contributed by atoms with Crippen molar-refractivity contribution < 1.29 is 4.79 Å². The second kappa shape index (κ2) is 6.14. The van der Waals surface area contributed by atoms with E-state index in [0.717, 1.165) is 11.8 Å². The Morgan fingerprint density at radius 1 is 1.27 bits per heavy atom. The molecule has 2 heteroatoms. The Labute approximate surface area is 93.6 Å². The van der Waals surface area contributed by atoms with E-state index in [-0.39, 0.29) is 5.91 Å². The van der Waals surface area contributed by atoms with Crippen molar-refractivity contribution in [3.8, 4) is 0 Å². The average molecular weight is 211 g/mol. The second-order valence-corrected chi connectivity index (χ2v) is 5.37. The number of hydrogen-bond acceptors (Lipinski definition) is 1. The molecule has 0 spiro atoms. The third-order valence-corrected chi connectivity index (χ3v) is 3.87. The zero-order chi connectivity index (χ0) is 11.3. The fourth-order valence-corrected chi connectivity index (χ4v) is 2.80. The molecule has 1 rings (SSSR count). The molecule has 1 saturated carbocycles. The third-order valence-electron chi connectivity index (χ3n) is 3.87. The second-order valence-electron chi connectivity index (χ2n) is 5.37. The number of rotatable bonds is 3. The molecule has 2 nitrogen and oxygen atoms in total. The van der Waals surface area contributed by atoms with Gasteiger partial charge >= 0.3 is 0 Å². The summed E-state index contributed by atoms with van der Waals surface area (Å²) in [6.07, 6.45) is 8.53. The predicted octanol–water partition coefficient (Wildman–Crippen LogP) is 3.10. The summed E-state index contributed by atoms with van der Waals surface area (Å²) in [6, 6.07) is 0. The molecule has 1 atom stereocenters. The molecule has 15 heavy (non-hydrogen) atoms. The maximum absolute atomic E-state index is 10.9. The molecule has 2 N–H and O–H groups in total. The van der Waals surface area contributed by atoms with Gasteiger partial charge in [0.25, 0.3) is 0 Å². The Bertz CT molecular complexity index is 193. The van der Waals surface area contributed by atoms with Gasteiger partial charge in [0.2, 0.25) is 5.91 Å². The van der Waals surface area contributed by atoms with Gasteiger partial charge in [-0.1, -0.05) is 52.4 Å². The van der Waals surface area contributed by atoms with Crippen LogP contribution in [0.15, 0.2) is 0 Å². The molecule has 1 fully saturated rings. The van der Waals surface area contributed by atoms with Crippen LogP contribution in [0.4, 0.5) is 0 Å². The standard InChI is InChI=1S/C13H25NO/c1-10-5-3-7-12(8-4-6-10)11(2)9-13(14)15/h10-12H,3-9H2,1-2H3,(H2,14,15). The maximum atomic E-state index is 10.9. The zero-order valence-electron chi connectivity index (χ0n) is 10.2. The van der Waals surface area contributed by atoms with E-state index in [2.05, 4.69) is 13.8 Å². The predicted molar refractivity (Wildman–Crippen MR) is 63.3 cm³/mol. The van der Waals surface area contributed by atoms with E-state index in [1.807, 2.05) is 0 Å². The van der Waals surface area contributed by atoms with E-state index in [4.69, 9.17) is 5.73 Å². The van der Waals surface area contributed by atoms with Crippen molar-refractivity contribution in [1.82, 2.24) is 0 Å². The smallest absolute Gasteiger partial charge is 0.217 e. The van der Waals surface area contributed by atoms with Crippen molar-refractivity contribution in [1.29, 1.82) is 0 Å². The average Bonchev–Trinajstić information content (AvgIpc) is 2.09. The molecule has 1 amide bonds. The molecular weight excluding hydrogens is 186 g/mol. The van der Waals surface area contributed by atoms with Gasteiger partial charge in [-0.15, -0.1) is 0 Å². The van der Waals surface area contributed by atoms with Gasteiger partial charge in [0.15, 0.2) is 0 Å². The molecule has 1 aliphatic rings. The number of primary amides is 1. The van der Waals surface area contributed by atoms with Crippen molar-refractivity contribution in [2.24, 2.45) is 23.5 Å². The summed E-state index contributed by atoms with van der Waals surface area (Å²) in [5, 5.41) is 0. The molecule has 1 unspecified atom stereocenters. The molecule has 0 radical (unpaired) electrons. The summed E-state index contributed by atoms with van der Waals surface area (Å²) >= 11 is 0. The molecule has 0 bridgehead atoms. The van der Waals surface area contributed by atoms with E-state index in [1.54, 1.807) is 0 Å². The van der Waals surface area contributed by atoms with Crippen LogP contribution < -0.4 is 5.73 Å². The Balaban J connectivity index is 2.37. The molecular formula is C13H25NO. The highest BCUT2D eigenvalue weighted by Crippen LogP contribution is 2.31. The van der Waals surface area contributed by atoms with Crippen molar-refractivity contribution in [3.05, 3.63) is 0 Å². The van der Waals surface area contributed by atoms with Crippen molar-refractivity contribution in [2.75, 3.05) is 0 Å². The number of carbonyl (C=O) groups excluding carboxylic acids is 1. The van der Waals surface area contributed by atoms with Gasteiger partial charge in [-0.3, -0.25) is 4.79 Å². The maximum Gasteiger partial charge on any atom is 0.217 e. The highest BCUT2D eigenvalue weighted by molar-refractivity contribution is 5.73. The first-order chi connectivity index (χ1) is 7.09. The quantitative estimate of drug-likeness (QED) is 0.766. The van der Waals surface area contributed by atoms with Crippen molar-refractivity contribution in [3.63, 3.8) is 0 Å². The fraction of sp³-hybridized carbons (Fsp3) is 0.923. The van der Waals surface area contributed by atoms with E-state index >= 15 is 0 Å². The summed E-state index contributed by atoms with van der Waals surface area (Å²) in [5.41, 5.74) is 5.25. The summed E-state index contributed by atoms with van der Waals surface area (Å²) in [7, 11) is 0. The normalized spacial score (nSPS) is 30.3. The van der Waals surface area contributed by atoms with E-state index in [1.165, 1.54) is 38.5 Å². The Morgan fingerprint density at radius 3 is 2.27 bits per heavy atom. The summed E-state index contributed by atoms with van der Waals surface area (Å²) < 4.78 is 0. The van der Waals surface area contributed by atoms with Crippen LogP contribution in [0, 0.1) is 17.8 Å². The molecule has 88 valence electrons. The Hall–Kier alpha value is -0.530. The van der Waals surface area contributed by atoms with E-state index < -0.39 is 0 Å². The van der Waals surface area contributed by atoms with Crippen LogP contribution in [0.5, 0.6) is 0 Å². The van der Waals surface area contributed by atoms with E-state index in [9.17, 15) is 4.79 Å². The van der Waals surface area contributed by atoms with Gasteiger partial charge in [-0.25, -0.2) is 0 Å². The number of nitrogens with two attached hydrogens (primary N) is 1. The van der Waals surface area contributed by atoms with Crippen LogP contribution in [0.2, 0.25) is 0 Å². The minimum Gasteiger partial charge on any atom is -0.370 e. The summed E-state index contributed by atoms with van der Waals surface area (Å²) in [6.45, 7) is 4.54. The number of carbonyl (C=O) groups is 1. The van der Waals surface area contributed by atoms with Gasteiger partial charge in [-0.2, -0.15) is 0 Å². The van der Waals surface area contributed by atoms with Crippen LogP contribution in [-0.4, -0.2) is 5.91 Å². The van der Waals surface area contributed by atoms with Crippen molar-refractivity contribution in [2.45, 2.75) is 58.8 Å². The lowest BCUT2D eigenvalue weighted by Gasteiger charge is -2.26. The minimum atomic E-state index is -0.141. The van der Waals surface area contributed by atoms with Crippen LogP contribution in [0.3, 0.4) is 0 Å². The van der Waals surface area contributed by atoms with Gasteiger partial charge < -0.3 is 5.73 Å². The Morgan fingerprint density at radius 2 is 1.80 bits per heavy atom. The molecule has 0 saturated heterocycles. The van der Waals surface area contributed by atoms with Crippen LogP contribution >= 0.6 is 0 Å². The molecule has 0 heterocycles. The SMILES string of the molecule is CC1CCCC(C(C)CC(N)=O)CCC1. The summed E-state index contributed by atoms with van der Waals surface area (Å²) in [4.78, 5) is 10.9. The zero-order valence-corrected chi connectivity index (χ0v) is 10.2. The lowest BCUT2D eigenvalue weighted by Crippen LogP contribution is -2.21. The molecule has 0 aliphatic heterocycles. The fourth-order valence-electron chi connectivity index (χ4n) is 2.80. The summed E-state index contributed by atoms with van der Waals surface area (Å²) in [5.74, 6) is 1.97. The van der Waals surface area contributed by atoms with Gasteiger partial charge in [0, 0.05) is 6.42 Å². The minimum absolute atomic E-state index is 0.141. The van der Waals surface area contributed by atoms with Crippen LogP contribution in [0.1, 0.15) is 58.8 Å². The van der Waals surface area contributed by atoms with Crippen LogP contribution in [0.25, 0.3) is 0 Å². The lowest BCUT2D eigenvalue weighted by molar-refractivity contribution is -0.119. The van der Waals surface area contributed by atoms with Crippen molar-refractivity contribution >= 4 is 5.91 Å². The van der Waals surface area contributed by atoms with E-state index in [0.29, 0.717) is 12.3 Å². The molecule has 0 aromatic rings. The van der Waals surface area contributed by atoms with Crippen LogP contribution in [-0.2, 0) is 4.79 Å². The first kappa shape index (κ1) is 12.5. The first-order valence-electron chi connectivity index (χ1n) is 6.38. The number of hydrogen-bond donors (Lipinski definition) is 1. The van der Waals surface area contributed by atoms with Gasteiger partial charge in [-0.05, 0) is 17.8 Å². The topological polar surface area (TPSA) is 43.1 Å². The molecule has 1 aliphatic carbocycles. The number of amides is 1. The highest BCUT2D eigenvalue weighted by atomic mass is 16.1. The largest absolute Gasteiger partial charge is 0.370 e. The van der Waals surface area contributed by atoms with Gasteiger partial charge in [0.1, 0.15) is 0 Å². The third kappa shape index (κ3) is 4.67. The lowest BCUT2D eigenvalue weighted by atomic mass is 9.79. The monoisotopic (exact) mass is 211 g/mol. The highest BCUT2D eigenvalue weighted by Gasteiger charge is 2.21.